The van der Waals surface area contributed by atoms with E-state index in [0.717, 1.165) is 4.88 Å². The van der Waals surface area contributed by atoms with Gasteiger partial charge < -0.3 is 10.4 Å². The van der Waals surface area contributed by atoms with Gasteiger partial charge in [-0.3, -0.25) is 0 Å². The summed E-state index contributed by atoms with van der Waals surface area (Å²) in [6.45, 7) is 0. The first kappa shape index (κ1) is 20.3. The summed E-state index contributed by atoms with van der Waals surface area (Å²) >= 11 is 1.47. The average molecular weight is 425 g/mol. The van der Waals surface area contributed by atoms with E-state index in [1.54, 1.807) is 12.1 Å². The minimum absolute atomic E-state index is 0.144. The summed E-state index contributed by atoms with van der Waals surface area (Å²) < 4.78 is 1.87. The van der Waals surface area contributed by atoms with Crippen molar-refractivity contribution < 1.29 is 9.67 Å². The Morgan fingerprint density at radius 3 is 2.23 bits per heavy atom. The van der Waals surface area contributed by atoms with Crippen molar-refractivity contribution in [2.75, 3.05) is 0 Å². The fourth-order valence-corrected chi connectivity index (χ4v) is 4.98. The van der Waals surface area contributed by atoms with Gasteiger partial charge in [0.05, 0.1) is 35.4 Å². The van der Waals surface area contributed by atoms with Gasteiger partial charge in [0.2, 0.25) is 11.8 Å². The third kappa shape index (κ3) is 3.45. The summed E-state index contributed by atoms with van der Waals surface area (Å²) in [5.41, 5.74) is -0.687. The molecule has 150 valence electrons. The SMILES string of the molecule is N#CC1=C(C(C#N)C#N)NC(O)(c2ccccc2)C([n+]2ccccc2)C1c1cccs1. The zero-order valence-electron chi connectivity index (χ0n) is 16.4. The van der Waals surface area contributed by atoms with Crippen molar-refractivity contribution in [3.8, 4) is 18.2 Å². The lowest BCUT2D eigenvalue weighted by Crippen LogP contribution is -2.63. The van der Waals surface area contributed by atoms with E-state index in [4.69, 9.17) is 0 Å². The number of thiophene rings is 1. The normalized spacial score (nSPS) is 22.8. The number of rotatable bonds is 4. The van der Waals surface area contributed by atoms with E-state index in [1.807, 2.05) is 83.0 Å². The standard InChI is InChI=1S/C24H18N5OS/c25-14-17(15-26)22-19(16-27)21(20-10-7-13-31-20)23(29-11-5-2-6-12-29)24(30,28-22)18-8-3-1-4-9-18/h1-13,17,21,23,28,30H/q+1. The monoisotopic (exact) mass is 424 g/mol. The topological polar surface area (TPSA) is 108 Å². The van der Waals surface area contributed by atoms with Crippen LogP contribution >= 0.6 is 11.3 Å². The minimum Gasteiger partial charge on any atom is -0.362 e. The fraction of sp³-hybridized carbons (Fsp3) is 0.167. The second-order valence-corrected chi connectivity index (χ2v) is 8.13. The van der Waals surface area contributed by atoms with E-state index >= 15 is 0 Å². The van der Waals surface area contributed by atoms with Gasteiger partial charge in [-0.15, -0.1) is 11.3 Å². The molecule has 0 fully saturated rings. The molecule has 0 radical (unpaired) electrons. The highest BCUT2D eigenvalue weighted by Crippen LogP contribution is 2.48. The van der Waals surface area contributed by atoms with E-state index < -0.39 is 23.6 Å². The highest BCUT2D eigenvalue weighted by Gasteiger charge is 2.56. The molecule has 0 bridgehead atoms. The van der Waals surface area contributed by atoms with E-state index in [9.17, 15) is 20.9 Å². The molecule has 1 aromatic carbocycles. The molecule has 3 atom stereocenters. The molecule has 3 aromatic rings. The van der Waals surface area contributed by atoms with Gasteiger partial charge in [0.1, 0.15) is 0 Å². The molecule has 4 rings (SSSR count). The molecular weight excluding hydrogens is 406 g/mol. The van der Waals surface area contributed by atoms with Crippen LogP contribution in [0.4, 0.5) is 0 Å². The van der Waals surface area contributed by atoms with Crippen molar-refractivity contribution in [3.63, 3.8) is 0 Å². The van der Waals surface area contributed by atoms with Crippen molar-refractivity contribution in [2.24, 2.45) is 5.92 Å². The molecule has 0 aliphatic carbocycles. The van der Waals surface area contributed by atoms with Crippen LogP contribution in [0, 0.1) is 39.9 Å². The Labute approximate surface area is 184 Å². The van der Waals surface area contributed by atoms with E-state index in [-0.39, 0.29) is 11.3 Å². The summed E-state index contributed by atoms with van der Waals surface area (Å²) in [4.78, 5) is 0.862. The zero-order valence-corrected chi connectivity index (χ0v) is 17.2. The molecule has 7 heteroatoms. The van der Waals surface area contributed by atoms with Crippen molar-refractivity contribution in [1.82, 2.24) is 5.32 Å². The van der Waals surface area contributed by atoms with Crippen molar-refractivity contribution in [3.05, 3.63) is 100 Å². The lowest BCUT2D eigenvalue weighted by Gasteiger charge is -2.42. The molecule has 2 aromatic heterocycles. The summed E-state index contributed by atoms with van der Waals surface area (Å²) in [5.74, 6) is -1.78. The van der Waals surface area contributed by atoms with Crippen molar-refractivity contribution in [1.29, 1.82) is 15.8 Å². The summed E-state index contributed by atoms with van der Waals surface area (Å²) in [6.07, 6.45) is 3.68. The van der Waals surface area contributed by atoms with Gasteiger partial charge in [0.25, 0.3) is 0 Å². The van der Waals surface area contributed by atoms with Gasteiger partial charge in [-0.25, -0.2) is 0 Å². The number of nitrogens with zero attached hydrogens (tertiary/aromatic N) is 4. The van der Waals surface area contributed by atoms with Crippen LogP contribution in [0.2, 0.25) is 0 Å². The van der Waals surface area contributed by atoms with Crippen LogP contribution in [0.15, 0.2) is 89.7 Å². The smallest absolute Gasteiger partial charge is 0.227 e. The third-order valence-electron chi connectivity index (χ3n) is 5.46. The third-order valence-corrected chi connectivity index (χ3v) is 6.42. The van der Waals surface area contributed by atoms with Crippen molar-refractivity contribution >= 4 is 11.3 Å². The molecule has 0 spiro atoms. The van der Waals surface area contributed by atoms with Gasteiger partial charge in [0, 0.05) is 22.6 Å². The molecule has 6 nitrogen and oxygen atoms in total. The Bertz CT molecular complexity index is 1200. The van der Waals surface area contributed by atoms with Crippen LogP contribution in [-0.4, -0.2) is 5.11 Å². The number of nitriles is 3. The number of aliphatic hydroxyl groups is 1. The largest absolute Gasteiger partial charge is 0.362 e. The van der Waals surface area contributed by atoms with Gasteiger partial charge >= 0.3 is 0 Å². The Hall–Kier alpha value is -3.96. The fourth-order valence-electron chi connectivity index (χ4n) is 4.12. The van der Waals surface area contributed by atoms with E-state index in [2.05, 4.69) is 11.4 Å². The molecule has 31 heavy (non-hydrogen) atoms. The van der Waals surface area contributed by atoms with Crippen molar-refractivity contribution in [2.45, 2.75) is 17.7 Å². The van der Waals surface area contributed by atoms with E-state index in [1.165, 1.54) is 11.3 Å². The number of pyridine rings is 1. The first-order valence-corrected chi connectivity index (χ1v) is 10.5. The maximum absolute atomic E-state index is 12.2. The molecule has 0 saturated carbocycles. The molecule has 1 aliphatic rings. The summed E-state index contributed by atoms with van der Waals surface area (Å²) in [7, 11) is 0. The molecule has 0 saturated heterocycles. The van der Waals surface area contributed by atoms with Crippen LogP contribution < -0.4 is 9.88 Å². The molecule has 3 heterocycles. The molecule has 0 amide bonds. The van der Waals surface area contributed by atoms with Crippen LogP contribution in [-0.2, 0) is 5.72 Å². The minimum atomic E-state index is -1.68. The first-order valence-electron chi connectivity index (χ1n) is 9.62. The van der Waals surface area contributed by atoms with Gasteiger partial charge in [-0.1, -0.05) is 42.5 Å². The summed E-state index contributed by atoms with van der Waals surface area (Å²) in [6, 6.07) is 23.9. The second-order valence-electron chi connectivity index (χ2n) is 7.15. The number of hydrogen-bond donors (Lipinski definition) is 2. The van der Waals surface area contributed by atoms with E-state index in [0.29, 0.717) is 5.56 Å². The Balaban J connectivity index is 2.06. The molecule has 3 unspecified atom stereocenters. The molecule has 2 N–H and O–H groups in total. The summed E-state index contributed by atoms with van der Waals surface area (Å²) in [5, 5.41) is 46.4. The van der Waals surface area contributed by atoms with Crippen LogP contribution in [0.1, 0.15) is 22.4 Å². The Morgan fingerprint density at radius 2 is 1.65 bits per heavy atom. The lowest BCUT2D eigenvalue weighted by molar-refractivity contribution is -0.743. The quantitative estimate of drug-likeness (QED) is 0.625. The van der Waals surface area contributed by atoms with Gasteiger partial charge in [-0.05, 0) is 11.4 Å². The maximum Gasteiger partial charge on any atom is 0.227 e. The Kier molecular flexibility index (Phi) is 5.52. The highest BCUT2D eigenvalue weighted by molar-refractivity contribution is 7.10. The first-order chi connectivity index (χ1) is 15.1. The number of benzene rings is 1. The predicted octanol–water partition coefficient (Wildman–Crippen LogP) is 3.25. The van der Waals surface area contributed by atoms with Crippen LogP contribution in [0.3, 0.4) is 0 Å². The Morgan fingerprint density at radius 1 is 0.968 bits per heavy atom. The number of nitrogens with one attached hydrogen (secondary N) is 1. The van der Waals surface area contributed by atoms with Crippen LogP contribution in [0.25, 0.3) is 0 Å². The number of hydrogen-bond acceptors (Lipinski definition) is 6. The number of allylic oxidation sites excluding steroid dienone is 2. The lowest BCUT2D eigenvalue weighted by atomic mass is 9.75. The van der Waals surface area contributed by atoms with Crippen LogP contribution in [0.5, 0.6) is 0 Å². The maximum atomic E-state index is 12.2. The van der Waals surface area contributed by atoms with Gasteiger partial charge in [-0.2, -0.15) is 20.4 Å². The number of aromatic nitrogens is 1. The molecule has 1 aliphatic heterocycles. The van der Waals surface area contributed by atoms with Gasteiger partial charge in [0.15, 0.2) is 18.3 Å². The zero-order chi connectivity index (χ0) is 21.8. The average Bonchev–Trinajstić information content (AvgIpc) is 3.35. The molecular formula is C24H18N5OS+. The second kappa shape index (κ2) is 8.42. The predicted molar refractivity (Wildman–Crippen MR) is 114 cm³/mol. The highest BCUT2D eigenvalue weighted by atomic mass is 32.1.